The van der Waals surface area contributed by atoms with Crippen LogP contribution in [0.3, 0.4) is 0 Å². The SMILES string of the molecule is [CH2]CCCCCc1ccccc1C(=O)c1ccccc1. The molecule has 0 aromatic heterocycles. The van der Waals surface area contributed by atoms with Gasteiger partial charge in [0.1, 0.15) is 0 Å². The van der Waals surface area contributed by atoms with Crippen LogP contribution < -0.4 is 0 Å². The van der Waals surface area contributed by atoms with E-state index < -0.39 is 0 Å². The molecule has 0 unspecified atom stereocenters. The topological polar surface area (TPSA) is 17.1 Å². The fourth-order valence-corrected chi connectivity index (χ4v) is 2.37. The van der Waals surface area contributed by atoms with Crippen LogP contribution in [0.2, 0.25) is 0 Å². The van der Waals surface area contributed by atoms with E-state index in [2.05, 4.69) is 13.0 Å². The highest BCUT2D eigenvalue weighted by atomic mass is 16.1. The van der Waals surface area contributed by atoms with Crippen molar-refractivity contribution in [1.82, 2.24) is 0 Å². The lowest BCUT2D eigenvalue weighted by Gasteiger charge is -2.08. The van der Waals surface area contributed by atoms with Crippen molar-refractivity contribution in [3.63, 3.8) is 0 Å². The van der Waals surface area contributed by atoms with Crippen molar-refractivity contribution in [3.8, 4) is 0 Å². The van der Waals surface area contributed by atoms with Crippen molar-refractivity contribution in [2.24, 2.45) is 0 Å². The summed E-state index contributed by atoms with van der Waals surface area (Å²) in [5.41, 5.74) is 2.76. The summed E-state index contributed by atoms with van der Waals surface area (Å²) in [7, 11) is 0. The lowest BCUT2D eigenvalue weighted by Crippen LogP contribution is -2.05. The van der Waals surface area contributed by atoms with E-state index in [1.165, 1.54) is 6.42 Å². The van der Waals surface area contributed by atoms with Crippen molar-refractivity contribution in [1.29, 1.82) is 0 Å². The van der Waals surface area contributed by atoms with Crippen LogP contribution in [0.15, 0.2) is 54.6 Å². The van der Waals surface area contributed by atoms with Crippen LogP contribution >= 0.6 is 0 Å². The third kappa shape index (κ3) is 3.80. The Labute approximate surface area is 121 Å². The molecule has 0 fully saturated rings. The van der Waals surface area contributed by atoms with Crippen LogP contribution in [-0.2, 0) is 6.42 Å². The standard InChI is InChI=1S/C19H21O/c1-2-3-4-6-11-16-12-9-10-15-18(16)19(20)17-13-7-5-8-14-17/h5,7-10,12-15H,1-4,6,11H2. The molecular formula is C19H21O. The van der Waals surface area contributed by atoms with Gasteiger partial charge < -0.3 is 0 Å². The van der Waals surface area contributed by atoms with Gasteiger partial charge >= 0.3 is 0 Å². The number of ketones is 1. The number of hydrogen-bond acceptors (Lipinski definition) is 1. The minimum absolute atomic E-state index is 0.123. The number of carbonyl (C=O) groups excluding carboxylic acids is 1. The quantitative estimate of drug-likeness (QED) is 0.516. The maximum absolute atomic E-state index is 12.5. The summed E-state index contributed by atoms with van der Waals surface area (Å²) in [6.07, 6.45) is 5.42. The molecule has 1 radical (unpaired) electrons. The first-order chi connectivity index (χ1) is 9.83. The third-order valence-electron chi connectivity index (χ3n) is 3.49. The zero-order valence-electron chi connectivity index (χ0n) is 11.8. The Kier molecular flexibility index (Phi) is 5.55. The molecular weight excluding hydrogens is 244 g/mol. The number of carbonyl (C=O) groups is 1. The largest absolute Gasteiger partial charge is 0.289 e. The Balaban J connectivity index is 2.13. The maximum atomic E-state index is 12.5. The van der Waals surface area contributed by atoms with Crippen LogP contribution in [0.4, 0.5) is 0 Å². The molecule has 0 aliphatic heterocycles. The summed E-state index contributed by atoms with van der Waals surface area (Å²) in [6.45, 7) is 3.86. The lowest BCUT2D eigenvalue weighted by molar-refractivity contribution is 0.103. The van der Waals surface area contributed by atoms with Crippen molar-refractivity contribution < 1.29 is 4.79 Å². The Morgan fingerprint density at radius 2 is 1.55 bits per heavy atom. The molecule has 2 aromatic carbocycles. The summed E-state index contributed by atoms with van der Waals surface area (Å²) in [6, 6.07) is 17.5. The van der Waals surface area contributed by atoms with Gasteiger partial charge in [0.25, 0.3) is 0 Å². The van der Waals surface area contributed by atoms with E-state index in [1.54, 1.807) is 0 Å². The number of aryl methyl sites for hydroxylation is 1. The first-order valence-corrected chi connectivity index (χ1v) is 7.30. The molecule has 0 atom stereocenters. The molecule has 0 spiro atoms. The Morgan fingerprint density at radius 3 is 2.30 bits per heavy atom. The Bertz CT molecular complexity index is 543. The fraction of sp³-hybridized carbons (Fsp3) is 0.263. The lowest BCUT2D eigenvalue weighted by atomic mass is 9.95. The van der Waals surface area contributed by atoms with Gasteiger partial charge in [0.2, 0.25) is 0 Å². The average Bonchev–Trinajstić information content (AvgIpc) is 2.52. The van der Waals surface area contributed by atoms with Crippen molar-refractivity contribution in [3.05, 3.63) is 78.2 Å². The Morgan fingerprint density at radius 1 is 0.850 bits per heavy atom. The monoisotopic (exact) mass is 265 g/mol. The third-order valence-corrected chi connectivity index (χ3v) is 3.49. The van der Waals surface area contributed by atoms with Crippen LogP contribution in [0, 0.1) is 6.92 Å². The summed E-state index contributed by atoms with van der Waals surface area (Å²) in [5.74, 6) is 0.123. The second-order valence-corrected chi connectivity index (χ2v) is 5.02. The highest BCUT2D eigenvalue weighted by Gasteiger charge is 2.12. The van der Waals surface area contributed by atoms with Crippen molar-refractivity contribution >= 4 is 5.78 Å². The maximum Gasteiger partial charge on any atom is 0.193 e. The molecule has 0 aliphatic carbocycles. The van der Waals surface area contributed by atoms with Gasteiger partial charge in [-0.3, -0.25) is 4.79 Å². The van der Waals surface area contributed by atoms with Gasteiger partial charge in [0.15, 0.2) is 5.78 Å². The Hall–Kier alpha value is -1.89. The zero-order valence-corrected chi connectivity index (χ0v) is 11.8. The zero-order chi connectivity index (χ0) is 14.2. The fourth-order valence-electron chi connectivity index (χ4n) is 2.37. The van der Waals surface area contributed by atoms with E-state index in [4.69, 9.17) is 0 Å². The summed E-state index contributed by atoms with van der Waals surface area (Å²) in [4.78, 5) is 12.5. The smallest absolute Gasteiger partial charge is 0.193 e. The molecule has 0 saturated carbocycles. The number of hydrogen-bond donors (Lipinski definition) is 0. The van der Waals surface area contributed by atoms with Crippen LogP contribution in [0.5, 0.6) is 0 Å². The minimum Gasteiger partial charge on any atom is -0.289 e. The van der Waals surface area contributed by atoms with Gasteiger partial charge in [-0.1, -0.05) is 80.8 Å². The highest BCUT2D eigenvalue weighted by Crippen LogP contribution is 2.17. The second-order valence-electron chi connectivity index (χ2n) is 5.02. The predicted molar refractivity (Wildman–Crippen MR) is 83.8 cm³/mol. The summed E-state index contributed by atoms with van der Waals surface area (Å²) in [5, 5.41) is 0. The molecule has 0 N–H and O–H groups in total. The second kappa shape index (κ2) is 7.64. The van der Waals surface area contributed by atoms with Gasteiger partial charge in [0.05, 0.1) is 0 Å². The summed E-state index contributed by atoms with van der Waals surface area (Å²) < 4.78 is 0. The number of benzene rings is 2. The summed E-state index contributed by atoms with van der Waals surface area (Å²) >= 11 is 0. The number of unbranched alkanes of at least 4 members (excludes halogenated alkanes) is 3. The minimum atomic E-state index is 0.123. The van der Waals surface area contributed by atoms with E-state index in [-0.39, 0.29) is 5.78 Å². The molecule has 0 heterocycles. The molecule has 1 nitrogen and oxygen atoms in total. The molecule has 0 amide bonds. The first kappa shape index (κ1) is 14.5. The molecule has 1 heteroatoms. The molecule has 103 valence electrons. The van der Waals surface area contributed by atoms with E-state index >= 15 is 0 Å². The van der Waals surface area contributed by atoms with Gasteiger partial charge in [-0.25, -0.2) is 0 Å². The van der Waals surface area contributed by atoms with Crippen molar-refractivity contribution in [2.75, 3.05) is 0 Å². The van der Waals surface area contributed by atoms with E-state index in [1.807, 2.05) is 48.5 Å². The van der Waals surface area contributed by atoms with E-state index in [0.29, 0.717) is 0 Å². The number of rotatable bonds is 7. The predicted octanol–water partition coefficient (Wildman–Crippen LogP) is 4.85. The molecule has 0 aliphatic rings. The molecule has 2 rings (SSSR count). The van der Waals surface area contributed by atoms with Gasteiger partial charge in [-0.15, -0.1) is 0 Å². The van der Waals surface area contributed by atoms with E-state index in [0.717, 1.165) is 42.4 Å². The average molecular weight is 265 g/mol. The van der Waals surface area contributed by atoms with E-state index in [9.17, 15) is 4.79 Å². The van der Waals surface area contributed by atoms with Crippen LogP contribution in [0.1, 0.15) is 47.2 Å². The van der Waals surface area contributed by atoms with Crippen LogP contribution in [0.25, 0.3) is 0 Å². The van der Waals surface area contributed by atoms with Gasteiger partial charge in [0, 0.05) is 11.1 Å². The van der Waals surface area contributed by atoms with Gasteiger partial charge in [-0.05, 0) is 18.4 Å². The van der Waals surface area contributed by atoms with Gasteiger partial charge in [-0.2, -0.15) is 0 Å². The highest BCUT2D eigenvalue weighted by molar-refractivity contribution is 6.09. The van der Waals surface area contributed by atoms with Crippen LogP contribution in [-0.4, -0.2) is 5.78 Å². The molecule has 2 aromatic rings. The molecule has 20 heavy (non-hydrogen) atoms. The van der Waals surface area contributed by atoms with Crippen molar-refractivity contribution in [2.45, 2.75) is 32.1 Å². The normalized spacial score (nSPS) is 10.4. The first-order valence-electron chi connectivity index (χ1n) is 7.30. The molecule has 0 saturated heterocycles. The molecule has 0 bridgehead atoms.